The normalized spacial score (nSPS) is 38.3. The van der Waals surface area contributed by atoms with Crippen LogP contribution in [-0.2, 0) is 23.9 Å². The summed E-state index contributed by atoms with van der Waals surface area (Å²) in [4.78, 5) is 39.9. The van der Waals surface area contributed by atoms with E-state index < -0.39 is 23.7 Å². The number of rotatable bonds is 6. The van der Waals surface area contributed by atoms with E-state index in [0.717, 1.165) is 38.5 Å². The summed E-state index contributed by atoms with van der Waals surface area (Å²) >= 11 is 0. The summed E-state index contributed by atoms with van der Waals surface area (Å²) in [6.07, 6.45) is 7.32. The van der Waals surface area contributed by atoms with E-state index >= 15 is 0 Å². The molecule has 0 aromatic carbocycles. The summed E-state index contributed by atoms with van der Waals surface area (Å²) in [5.41, 5.74) is 0.688. The Balaban J connectivity index is 1.75. The van der Waals surface area contributed by atoms with E-state index in [-0.39, 0.29) is 24.0 Å². The van der Waals surface area contributed by atoms with Gasteiger partial charge >= 0.3 is 11.9 Å². The predicted molar refractivity (Wildman–Crippen MR) is 137 cm³/mol. The molecule has 9 atom stereocenters. The van der Waals surface area contributed by atoms with Crippen LogP contribution in [-0.4, -0.2) is 29.9 Å². The topological polar surface area (TPSA) is 69.7 Å². The third kappa shape index (κ3) is 6.38. The minimum absolute atomic E-state index is 0.107. The van der Waals surface area contributed by atoms with Crippen LogP contribution in [0.3, 0.4) is 0 Å². The maximum atomic E-state index is 13.5. The van der Waals surface area contributed by atoms with Gasteiger partial charge in [0.1, 0.15) is 18.1 Å². The van der Waals surface area contributed by atoms with E-state index in [2.05, 4.69) is 41.5 Å². The van der Waals surface area contributed by atoms with Gasteiger partial charge in [-0.25, -0.2) is 0 Å². The van der Waals surface area contributed by atoms with Crippen molar-refractivity contribution in [2.45, 2.75) is 106 Å². The molecule has 0 aromatic rings. The summed E-state index contributed by atoms with van der Waals surface area (Å²) in [5, 5.41) is 0. The number of hydrogen-bond acceptors (Lipinski definition) is 5. The van der Waals surface area contributed by atoms with Crippen molar-refractivity contribution in [3.05, 3.63) is 11.6 Å². The minimum Gasteiger partial charge on any atom is -0.462 e. The van der Waals surface area contributed by atoms with Gasteiger partial charge in [0, 0.05) is 0 Å². The highest BCUT2D eigenvalue weighted by atomic mass is 16.5. The van der Waals surface area contributed by atoms with Gasteiger partial charge < -0.3 is 9.47 Å². The van der Waals surface area contributed by atoms with E-state index in [1.165, 1.54) is 6.08 Å². The standard InChI is InChI=1S/C30H48O5/c1-16(2)22-11-9-18(5)13-25(22)34-29(32)27-20(7)15-24(31)28(21(27)8)30(33)35-26-14-19(6)10-12-23(26)17(3)4/h15-19,21-23,25-28H,9-14H2,1-8H3/t18-,19+,21-,22-,23+,25+,26+,27-,28-/m0/s1. The molecular formula is C30H48O5. The molecule has 0 amide bonds. The number of ketones is 1. The van der Waals surface area contributed by atoms with Gasteiger partial charge in [-0.05, 0) is 80.1 Å². The zero-order valence-corrected chi connectivity index (χ0v) is 23.2. The van der Waals surface area contributed by atoms with Crippen molar-refractivity contribution in [1.29, 1.82) is 0 Å². The minimum atomic E-state index is -0.951. The second kappa shape index (κ2) is 11.6. The van der Waals surface area contributed by atoms with Crippen LogP contribution < -0.4 is 0 Å². The van der Waals surface area contributed by atoms with Gasteiger partial charge in [-0.15, -0.1) is 0 Å². The number of hydrogen-bond donors (Lipinski definition) is 0. The van der Waals surface area contributed by atoms with Crippen molar-refractivity contribution in [1.82, 2.24) is 0 Å². The molecule has 0 radical (unpaired) electrons. The second-order valence-electron chi connectivity index (χ2n) is 12.7. The Bertz CT molecular complexity index is 812. The van der Waals surface area contributed by atoms with Crippen molar-refractivity contribution >= 4 is 17.7 Å². The highest BCUT2D eigenvalue weighted by Gasteiger charge is 2.47. The highest BCUT2D eigenvalue weighted by Crippen LogP contribution is 2.40. The first-order valence-corrected chi connectivity index (χ1v) is 14.0. The largest absolute Gasteiger partial charge is 0.462 e. The Kier molecular flexibility index (Phi) is 9.26. The first-order chi connectivity index (χ1) is 16.4. The molecule has 5 nitrogen and oxygen atoms in total. The molecule has 0 saturated heterocycles. The Labute approximate surface area is 212 Å². The van der Waals surface area contributed by atoms with Crippen molar-refractivity contribution in [3.63, 3.8) is 0 Å². The third-order valence-electron chi connectivity index (χ3n) is 9.18. The van der Waals surface area contributed by atoms with Crippen LogP contribution in [0.5, 0.6) is 0 Å². The molecule has 0 aliphatic heterocycles. The van der Waals surface area contributed by atoms with Crippen LogP contribution in [0.1, 0.15) is 93.9 Å². The van der Waals surface area contributed by atoms with Crippen LogP contribution in [0.4, 0.5) is 0 Å². The molecule has 3 aliphatic carbocycles. The summed E-state index contributed by atoms with van der Waals surface area (Å²) in [5.74, 6) is -0.511. The Hall–Kier alpha value is -1.65. The van der Waals surface area contributed by atoms with E-state index in [1.54, 1.807) is 0 Å². The number of carbonyl (C=O) groups is 3. The van der Waals surface area contributed by atoms with Crippen LogP contribution in [0.2, 0.25) is 0 Å². The predicted octanol–water partition coefficient (Wildman–Crippen LogP) is 6.39. The zero-order valence-electron chi connectivity index (χ0n) is 23.2. The number of esters is 2. The van der Waals surface area contributed by atoms with Crippen molar-refractivity contribution in [3.8, 4) is 0 Å². The Morgan fingerprint density at radius 3 is 1.63 bits per heavy atom. The number of ether oxygens (including phenoxy) is 2. The van der Waals surface area contributed by atoms with Gasteiger partial charge in [0.25, 0.3) is 0 Å². The smallest absolute Gasteiger partial charge is 0.317 e. The molecule has 0 unspecified atom stereocenters. The van der Waals surface area contributed by atoms with Gasteiger partial charge in [0.15, 0.2) is 5.78 Å². The zero-order chi connectivity index (χ0) is 26.0. The SMILES string of the molecule is CC1=CC(=O)[C@@H](C(=O)O[C@@H]2C[C@H](C)CC[C@@H]2C(C)C)[C@@H](C)[C@H]1C(=O)O[C@@H]1C[C@@H](C)CC[C@H]1C(C)C. The van der Waals surface area contributed by atoms with Gasteiger partial charge in [-0.1, -0.05) is 66.9 Å². The van der Waals surface area contributed by atoms with Crippen LogP contribution >= 0.6 is 0 Å². The summed E-state index contributed by atoms with van der Waals surface area (Å²) in [6, 6.07) is 0. The van der Waals surface area contributed by atoms with E-state index in [9.17, 15) is 14.4 Å². The molecule has 0 aromatic heterocycles. The van der Waals surface area contributed by atoms with Gasteiger partial charge in [0.05, 0.1) is 5.92 Å². The van der Waals surface area contributed by atoms with Crippen molar-refractivity contribution in [2.75, 3.05) is 0 Å². The molecule has 3 rings (SSSR count). The molecule has 0 bridgehead atoms. The van der Waals surface area contributed by atoms with Crippen LogP contribution in [0.25, 0.3) is 0 Å². The maximum Gasteiger partial charge on any atom is 0.317 e. The fraction of sp³-hybridized carbons (Fsp3) is 0.833. The monoisotopic (exact) mass is 488 g/mol. The molecule has 3 aliphatic rings. The quantitative estimate of drug-likeness (QED) is 0.320. The van der Waals surface area contributed by atoms with Gasteiger partial charge in [-0.2, -0.15) is 0 Å². The molecule has 0 spiro atoms. The van der Waals surface area contributed by atoms with Gasteiger partial charge in [0.2, 0.25) is 0 Å². The van der Waals surface area contributed by atoms with Crippen LogP contribution in [0, 0.1) is 53.3 Å². The summed E-state index contributed by atoms with van der Waals surface area (Å²) in [6.45, 7) is 16.8. The summed E-state index contributed by atoms with van der Waals surface area (Å²) in [7, 11) is 0. The lowest BCUT2D eigenvalue weighted by Crippen LogP contribution is -2.46. The average molecular weight is 489 g/mol. The molecule has 35 heavy (non-hydrogen) atoms. The van der Waals surface area contributed by atoms with Crippen molar-refractivity contribution in [2.24, 2.45) is 53.3 Å². The first-order valence-electron chi connectivity index (χ1n) is 14.0. The Morgan fingerprint density at radius 1 is 0.771 bits per heavy atom. The third-order valence-corrected chi connectivity index (χ3v) is 9.18. The molecule has 0 N–H and O–H groups in total. The van der Waals surface area contributed by atoms with Crippen LogP contribution in [0.15, 0.2) is 11.6 Å². The average Bonchev–Trinajstić information content (AvgIpc) is 2.72. The fourth-order valence-corrected chi connectivity index (χ4v) is 6.95. The number of allylic oxidation sites excluding steroid dienone is 1. The lowest BCUT2D eigenvalue weighted by Gasteiger charge is -2.40. The van der Waals surface area contributed by atoms with Gasteiger partial charge in [-0.3, -0.25) is 14.4 Å². The molecule has 5 heteroatoms. The molecule has 2 fully saturated rings. The fourth-order valence-electron chi connectivity index (χ4n) is 6.95. The van der Waals surface area contributed by atoms with E-state index in [4.69, 9.17) is 9.47 Å². The molecule has 2 saturated carbocycles. The lowest BCUT2D eigenvalue weighted by molar-refractivity contribution is -0.169. The lowest BCUT2D eigenvalue weighted by atomic mass is 9.71. The van der Waals surface area contributed by atoms with Crippen molar-refractivity contribution < 1.29 is 23.9 Å². The molecule has 0 heterocycles. The molecular weight excluding hydrogens is 440 g/mol. The van der Waals surface area contributed by atoms with E-state index in [0.29, 0.717) is 41.1 Å². The summed E-state index contributed by atoms with van der Waals surface area (Å²) < 4.78 is 12.2. The second-order valence-corrected chi connectivity index (χ2v) is 12.7. The first kappa shape index (κ1) is 27.9. The Morgan fingerprint density at radius 2 is 1.20 bits per heavy atom. The van der Waals surface area contributed by atoms with E-state index in [1.807, 2.05) is 13.8 Å². The highest BCUT2D eigenvalue weighted by molar-refractivity contribution is 6.07. The maximum absolute atomic E-state index is 13.5. The number of carbonyl (C=O) groups excluding carboxylic acids is 3. The molecule has 198 valence electrons.